The molecule has 3 nitrogen and oxygen atoms in total. The van der Waals surface area contributed by atoms with E-state index in [1.54, 1.807) is 12.1 Å². The maximum atomic E-state index is 11.4. The number of aryl methyl sites for hydroxylation is 1. The molecule has 0 aromatic heterocycles. The number of benzene rings is 1. The first-order chi connectivity index (χ1) is 6.60. The molecule has 0 spiro atoms. The molecule has 0 fully saturated rings. The van der Waals surface area contributed by atoms with E-state index in [0.717, 1.165) is 5.56 Å². The summed E-state index contributed by atoms with van der Waals surface area (Å²) in [5.74, 6) is 0.152. The smallest absolute Gasteiger partial charge is 0.181 e. The van der Waals surface area contributed by atoms with E-state index in [4.69, 9.17) is 22.1 Å². The van der Waals surface area contributed by atoms with Crippen molar-refractivity contribution in [2.75, 3.05) is 18.7 Å². The Morgan fingerprint density at radius 2 is 2.21 bits per heavy atom. The van der Waals surface area contributed by atoms with Crippen LogP contribution in [0.5, 0.6) is 5.75 Å². The molecule has 0 saturated heterocycles. The minimum Gasteiger partial charge on any atom is -0.494 e. The Bertz CT molecular complexity index is 363. The summed E-state index contributed by atoms with van der Waals surface area (Å²) in [6, 6.07) is 3.48. The summed E-state index contributed by atoms with van der Waals surface area (Å²) < 4.78 is 5.05. The molecule has 1 rings (SSSR count). The number of hydrogen-bond donors (Lipinski definition) is 1. The van der Waals surface area contributed by atoms with Crippen molar-refractivity contribution in [3.05, 3.63) is 23.3 Å². The minimum absolute atomic E-state index is 0.0702. The molecular formula is C10H12ClNO2. The minimum atomic E-state index is -0.182. The number of carbonyl (C=O) groups excluding carboxylic acids is 1. The first-order valence-electron chi connectivity index (χ1n) is 4.13. The SMILES string of the molecule is COc1c(N)cc(C)cc1C(=O)CCl. The molecule has 0 aliphatic rings. The van der Waals surface area contributed by atoms with Crippen LogP contribution in [0, 0.1) is 6.92 Å². The average molecular weight is 214 g/mol. The van der Waals surface area contributed by atoms with Crippen LogP contribution in [0.1, 0.15) is 15.9 Å². The lowest BCUT2D eigenvalue weighted by Gasteiger charge is -2.10. The highest BCUT2D eigenvalue weighted by Crippen LogP contribution is 2.28. The molecule has 76 valence electrons. The summed E-state index contributed by atoms with van der Waals surface area (Å²) >= 11 is 5.47. The maximum absolute atomic E-state index is 11.4. The largest absolute Gasteiger partial charge is 0.494 e. The van der Waals surface area contributed by atoms with Gasteiger partial charge in [-0.05, 0) is 24.6 Å². The number of ether oxygens (including phenoxy) is 1. The fraction of sp³-hybridized carbons (Fsp3) is 0.300. The Morgan fingerprint density at radius 1 is 1.57 bits per heavy atom. The fourth-order valence-electron chi connectivity index (χ4n) is 1.31. The first-order valence-corrected chi connectivity index (χ1v) is 4.67. The molecule has 1 aromatic rings. The van der Waals surface area contributed by atoms with Gasteiger partial charge in [-0.1, -0.05) is 0 Å². The second kappa shape index (κ2) is 4.33. The molecule has 0 atom stereocenters. The van der Waals surface area contributed by atoms with Crippen LogP contribution in [0.4, 0.5) is 5.69 Å². The zero-order chi connectivity index (χ0) is 10.7. The monoisotopic (exact) mass is 213 g/mol. The summed E-state index contributed by atoms with van der Waals surface area (Å²) in [5, 5.41) is 0. The van der Waals surface area contributed by atoms with Crippen molar-refractivity contribution in [1.82, 2.24) is 0 Å². The average Bonchev–Trinajstić information content (AvgIpc) is 2.15. The van der Waals surface area contributed by atoms with Gasteiger partial charge in [0.25, 0.3) is 0 Å². The number of carbonyl (C=O) groups is 1. The van der Waals surface area contributed by atoms with E-state index >= 15 is 0 Å². The number of halogens is 1. The highest BCUT2D eigenvalue weighted by atomic mass is 35.5. The highest BCUT2D eigenvalue weighted by molar-refractivity contribution is 6.31. The summed E-state index contributed by atoms with van der Waals surface area (Å²) in [6.45, 7) is 1.86. The number of nitrogens with two attached hydrogens (primary N) is 1. The number of Topliss-reactive ketones (excluding diaryl/α,β-unsaturated/α-hetero) is 1. The van der Waals surface area contributed by atoms with Gasteiger partial charge in [0.1, 0.15) is 0 Å². The van der Waals surface area contributed by atoms with Gasteiger partial charge in [-0.3, -0.25) is 4.79 Å². The van der Waals surface area contributed by atoms with Gasteiger partial charge in [0.2, 0.25) is 0 Å². The molecule has 0 unspecified atom stereocenters. The van der Waals surface area contributed by atoms with E-state index in [1.807, 2.05) is 6.92 Å². The van der Waals surface area contributed by atoms with E-state index in [9.17, 15) is 4.79 Å². The standard InChI is InChI=1S/C10H12ClNO2/c1-6-3-7(9(13)5-11)10(14-2)8(12)4-6/h3-4H,5,12H2,1-2H3. The lowest BCUT2D eigenvalue weighted by atomic mass is 10.1. The zero-order valence-electron chi connectivity index (χ0n) is 8.13. The van der Waals surface area contributed by atoms with Crippen molar-refractivity contribution >= 4 is 23.1 Å². The fourth-order valence-corrected chi connectivity index (χ4v) is 1.45. The Kier molecular flexibility index (Phi) is 3.36. The molecule has 0 bridgehead atoms. The van der Waals surface area contributed by atoms with Crippen molar-refractivity contribution in [3.8, 4) is 5.75 Å². The normalized spacial score (nSPS) is 9.93. The lowest BCUT2D eigenvalue weighted by Crippen LogP contribution is -2.06. The molecule has 2 N–H and O–H groups in total. The number of hydrogen-bond acceptors (Lipinski definition) is 3. The van der Waals surface area contributed by atoms with Crippen LogP contribution in [-0.2, 0) is 0 Å². The van der Waals surface area contributed by atoms with Crippen LogP contribution in [0.15, 0.2) is 12.1 Å². The Hall–Kier alpha value is -1.22. The van der Waals surface area contributed by atoms with Crippen LogP contribution < -0.4 is 10.5 Å². The van der Waals surface area contributed by atoms with Gasteiger partial charge in [-0.2, -0.15) is 0 Å². The predicted octanol–water partition coefficient (Wildman–Crippen LogP) is 2.01. The van der Waals surface area contributed by atoms with Gasteiger partial charge in [0.15, 0.2) is 11.5 Å². The molecule has 14 heavy (non-hydrogen) atoms. The van der Waals surface area contributed by atoms with Crippen molar-refractivity contribution in [3.63, 3.8) is 0 Å². The summed E-state index contributed by atoms with van der Waals surface area (Å²) in [6.07, 6.45) is 0. The zero-order valence-corrected chi connectivity index (χ0v) is 8.89. The van der Waals surface area contributed by atoms with Crippen LogP contribution in [0.2, 0.25) is 0 Å². The summed E-state index contributed by atoms with van der Waals surface area (Å²) in [4.78, 5) is 11.4. The third kappa shape index (κ3) is 1.99. The van der Waals surface area contributed by atoms with Gasteiger partial charge in [-0.15, -0.1) is 11.6 Å². The van der Waals surface area contributed by atoms with Crippen LogP contribution >= 0.6 is 11.6 Å². The molecule has 4 heteroatoms. The van der Waals surface area contributed by atoms with Gasteiger partial charge in [-0.25, -0.2) is 0 Å². The molecular weight excluding hydrogens is 202 g/mol. The predicted molar refractivity (Wildman–Crippen MR) is 57.2 cm³/mol. The van der Waals surface area contributed by atoms with Crippen molar-refractivity contribution < 1.29 is 9.53 Å². The second-order valence-electron chi connectivity index (χ2n) is 2.99. The molecule has 1 aromatic carbocycles. The Morgan fingerprint density at radius 3 is 2.71 bits per heavy atom. The van der Waals surface area contributed by atoms with E-state index in [-0.39, 0.29) is 11.7 Å². The van der Waals surface area contributed by atoms with E-state index < -0.39 is 0 Å². The molecule has 0 amide bonds. The van der Waals surface area contributed by atoms with Crippen molar-refractivity contribution in [2.45, 2.75) is 6.92 Å². The maximum Gasteiger partial charge on any atom is 0.181 e. The first kappa shape index (κ1) is 10.9. The van der Waals surface area contributed by atoms with Crippen LogP contribution in [0.3, 0.4) is 0 Å². The van der Waals surface area contributed by atoms with Gasteiger partial charge < -0.3 is 10.5 Å². The number of anilines is 1. The van der Waals surface area contributed by atoms with Crippen LogP contribution in [0.25, 0.3) is 0 Å². The highest BCUT2D eigenvalue weighted by Gasteiger charge is 2.14. The third-order valence-electron chi connectivity index (χ3n) is 1.89. The Labute approximate surface area is 87.8 Å². The van der Waals surface area contributed by atoms with E-state index in [2.05, 4.69) is 0 Å². The number of rotatable bonds is 3. The molecule has 0 aliphatic carbocycles. The number of methoxy groups -OCH3 is 1. The molecule has 0 saturated carbocycles. The lowest BCUT2D eigenvalue weighted by molar-refractivity contribution is 0.101. The van der Waals surface area contributed by atoms with Gasteiger partial charge in [0.05, 0.1) is 24.2 Å². The van der Waals surface area contributed by atoms with Crippen molar-refractivity contribution in [2.24, 2.45) is 0 Å². The second-order valence-corrected chi connectivity index (χ2v) is 3.26. The summed E-state index contributed by atoms with van der Waals surface area (Å²) in [5.41, 5.74) is 7.52. The van der Waals surface area contributed by atoms with Crippen LogP contribution in [-0.4, -0.2) is 18.8 Å². The van der Waals surface area contributed by atoms with E-state index in [0.29, 0.717) is 17.0 Å². The number of nitrogen functional groups attached to an aromatic ring is 1. The summed E-state index contributed by atoms with van der Waals surface area (Å²) in [7, 11) is 1.48. The van der Waals surface area contributed by atoms with Gasteiger partial charge >= 0.3 is 0 Å². The molecule has 0 radical (unpaired) electrons. The van der Waals surface area contributed by atoms with E-state index in [1.165, 1.54) is 7.11 Å². The topological polar surface area (TPSA) is 52.3 Å². The van der Waals surface area contributed by atoms with Crippen molar-refractivity contribution in [1.29, 1.82) is 0 Å². The number of ketones is 1. The molecule has 0 aliphatic heterocycles. The molecule has 0 heterocycles. The Balaban J connectivity index is 3.32. The quantitative estimate of drug-likeness (QED) is 0.475. The number of alkyl halides is 1. The van der Waals surface area contributed by atoms with Gasteiger partial charge in [0, 0.05) is 0 Å². The third-order valence-corrected chi connectivity index (χ3v) is 2.13.